The molecule has 0 atom stereocenters. The Morgan fingerprint density at radius 1 is 0.391 bits per heavy atom. The molecule has 3 heterocycles. The molecular weight excluding hydrogens is 1860 g/mol. The van der Waals surface area contributed by atoms with Crippen LogP contribution in [0.3, 0.4) is 0 Å². The number of allylic oxidation sites excluding steroid dienone is 4. The van der Waals surface area contributed by atoms with Crippen molar-refractivity contribution >= 4 is 127 Å². The number of hydrogen-bond donors (Lipinski definition) is 4. The van der Waals surface area contributed by atoms with E-state index < -0.39 is 69.0 Å². The number of aromatic carboxylic acids is 4. The number of aryl methyl sites for hydroxylation is 2. The van der Waals surface area contributed by atoms with Gasteiger partial charge in [0, 0.05) is 40.5 Å². The van der Waals surface area contributed by atoms with E-state index >= 15 is 0 Å². The number of hydrogen-bond acceptors (Lipinski definition) is 19. The fourth-order valence-electron chi connectivity index (χ4n) is 16.5. The van der Waals surface area contributed by atoms with E-state index in [0.717, 1.165) is 133 Å². The second kappa shape index (κ2) is 39.3. The van der Waals surface area contributed by atoms with Gasteiger partial charge in [0.05, 0.1) is 85.2 Å². The van der Waals surface area contributed by atoms with Crippen molar-refractivity contribution in [1.82, 2.24) is 13.1 Å². The van der Waals surface area contributed by atoms with E-state index in [9.17, 15) is 82.9 Å². The van der Waals surface area contributed by atoms with Gasteiger partial charge in [0.2, 0.25) is 0 Å². The maximum absolute atomic E-state index is 14.0. The normalized spacial score (nSPS) is 14.2. The molecule has 5 aliphatic carbocycles. The van der Waals surface area contributed by atoms with Crippen LogP contribution in [-0.4, -0.2) is 91.1 Å². The van der Waals surface area contributed by atoms with Gasteiger partial charge in [-0.3, -0.25) is 0 Å². The molecule has 3 aromatic heterocycles. The fraction of sp³-hybridized carbons (Fsp3) is 0.184. The van der Waals surface area contributed by atoms with Crippen LogP contribution >= 0.6 is 57.8 Å². The number of nitriles is 1. The molecule has 0 spiro atoms. The lowest BCUT2D eigenvalue weighted by Crippen LogP contribution is -2.11. The molecule has 5 aliphatic rings. The highest BCUT2D eigenvalue weighted by Gasteiger charge is 2.38. The summed E-state index contributed by atoms with van der Waals surface area (Å²) in [7, 11) is -15.4. The molecule has 0 radical (unpaired) electrons. The Morgan fingerprint density at radius 3 is 1.12 bits per heavy atom. The van der Waals surface area contributed by atoms with E-state index in [0.29, 0.717) is 61.5 Å². The Bertz CT molecular complexity index is 7570. The number of carboxylic acids is 4. The van der Waals surface area contributed by atoms with Crippen molar-refractivity contribution in [3.63, 3.8) is 0 Å². The zero-order valence-corrected chi connectivity index (χ0v) is 78.5. The van der Waals surface area contributed by atoms with Gasteiger partial charge in [-0.25, -0.2) is 70.4 Å². The molecule has 0 bridgehead atoms. The first kappa shape index (κ1) is 93.7. The quantitative estimate of drug-likeness (QED) is 0.0371. The molecule has 0 amide bonds. The summed E-state index contributed by atoms with van der Waals surface area (Å²) < 4.78 is 136. The molecule has 14 aromatic rings. The number of carboxylic acid groups (broad SMARTS) is 4. The summed E-state index contributed by atoms with van der Waals surface area (Å²) in [6.45, 7) is 4.01. The van der Waals surface area contributed by atoms with Crippen molar-refractivity contribution in [2.24, 2.45) is 0 Å². The lowest BCUT2D eigenvalue weighted by atomic mass is 9.95. The fourth-order valence-corrected chi connectivity index (χ4v) is 25.4. The van der Waals surface area contributed by atoms with Crippen molar-refractivity contribution in [1.29, 1.82) is 5.26 Å². The van der Waals surface area contributed by atoms with E-state index in [1.54, 1.807) is 79.1 Å². The number of carbonyl (C=O) groups is 4. The number of halogens is 3. The SMILES string of the molecule is Cc1cccc(-c2ccc(-c3cnsc3C)cc2CS(=O)(=O)c2cc(C(=O)O)ccc2C2CC2)c1.N#Cc1cc(CS(=O)(=O)c2cc(C(=O)O)ccc2C2CC2)c(C2=CC=C(Cl)C2)cc1Cl.O=C(O)c1ccc(C2CC2)c(S(=O)(=O)Cc2cc(-c3ccns3)ccc2-c2cccc(F)c2)c1.O=C(O)c1ccc(C2CC2)c(S(=O)(=O)Cc2cc(-c3ccns3)ccc2-c2ccccc2)c1. The van der Waals surface area contributed by atoms with Gasteiger partial charge >= 0.3 is 23.9 Å². The van der Waals surface area contributed by atoms with E-state index in [-0.39, 0.29) is 99.1 Å². The summed E-state index contributed by atoms with van der Waals surface area (Å²) in [4.78, 5) is 49.4. The van der Waals surface area contributed by atoms with Gasteiger partial charge in [-0.1, -0.05) is 162 Å². The van der Waals surface area contributed by atoms with Crippen molar-refractivity contribution in [2.75, 3.05) is 0 Å². The Kier molecular flexibility index (Phi) is 27.7. The Morgan fingerprint density at radius 2 is 0.767 bits per heavy atom. The Labute approximate surface area is 790 Å². The van der Waals surface area contributed by atoms with Crippen molar-refractivity contribution in [3.8, 4) is 71.5 Å². The van der Waals surface area contributed by atoms with Crippen LogP contribution in [-0.2, 0) is 62.4 Å². The first-order valence-electron chi connectivity index (χ1n) is 42.4. The van der Waals surface area contributed by atoms with Crippen LogP contribution in [0.15, 0.2) is 286 Å². The van der Waals surface area contributed by atoms with Gasteiger partial charge < -0.3 is 20.4 Å². The van der Waals surface area contributed by atoms with E-state index in [4.69, 9.17) is 23.2 Å². The largest absolute Gasteiger partial charge is 0.478 e. The minimum absolute atomic E-state index is 0.0133. The smallest absolute Gasteiger partial charge is 0.335 e. The lowest BCUT2D eigenvalue weighted by molar-refractivity contribution is 0.0685. The first-order chi connectivity index (χ1) is 63.7. The summed E-state index contributed by atoms with van der Waals surface area (Å²) in [5.41, 5.74) is 15.9. The molecule has 19 rings (SSSR count). The van der Waals surface area contributed by atoms with Gasteiger partial charge in [-0.2, -0.15) is 5.26 Å². The summed E-state index contributed by atoms with van der Waals surface area (Å²) in [6, 6.07) is 67.3. The molecule has 4 fully saturated rings. The third-order valence-electron chi connectivity index (χ3n) is 23.7. The molecule has 674 valence electrons. The van der Waals surface area contributed by atoms with E-state index in [2.05, 4.69) is 13.1 Å². The average Bonchev–Trinajstić information content (AvgIpc) is 1.69. The van der Waals surface area contributed by atoms with Crippen molar-refractivity contribution < 1.29 is 77.7 Å². The summed E-state index contributed by atoms with van der Waals surface area (Å²) >= 11 is 16.4. The maximum atomic E-state index is 14.0. The van der Waals surface area contributed by atoms with Crippen LogP contribution in [0.1, 0.15) is 189 Å². The van der Waals surface area contributed by atoms with Crippen molar-refractivity contribution in [3.05, 3.63) is 365 Å². The maximum Gasteiger partial charge on any atom is 0.335 e. The molecule has 0 saturated heterocycles. The van der Waals surface area contributed by atoms with Crippen LogP contribution in [0.2, 0.25) is 5.02 Å². The molecule has 4 N–H and O–H groups in total. The van der Waals surface area contributed by atoms with Crippen LogP contribution in [0.5, 0.6) is 0 Å². The molecule has 30 heteroatoms. The van der Waals surface area contributed by atoms with Crippen LogP contribution in [0.4, 0.5) is 4.39 Å². The number of aromatic nitrogens is 3. The number of nitrogens with zero attached hydrogens (tertiary/aromatic N) is 4. The minimum atomic E-state index is -3.90. The zero-order valence-electron chi connectivity index (χ0n) is 71.3. The highest BCUT2D eigenvalue weighted by molar-refractivity contribution is 7.91. The second-order valence-corrected chi connectivity index (χ2v) is 44.8. The molecule has 133 heavy (non-hydrogen) atoms. The van der Waals surface area contributed by atoms with Crippen LogP contribution in [0, 0.1) is 31.0 Å². The number of benzene rings is 11. The van der Waals surface area contributed by atoms with Crippen LogP contribution < -0.4 is 0 Å². The summed E-state index contributed by atoms with van der Waals surface area (Å²) in [6.07, 6.45) is 16.4. The zero-order chi connectivity index (χ0) is 94.0. The monoisotopic (exact) mass is 1940 g/mol. The van der Waals surface area contributed by atoms with Crippen molar-refractivity contribution in [2.45, 2.75) is 138 Å². The number of sulfone groups is 4. The Hall–Kier alpha value is -12.5. The third-order valence-corrected chi connectivity index (χ3v) is 33.4. The van der Waals surface area contributed by atoms with Gasteiger partial charge in [-0.05, 0) is 338 Å². The van der Waals surface area contributed by atoms with Crippen LogP contribution in [0.25, 0.3) is 71.0 Å². The van der Waals surface area contributed by atoms with Gasteiger partial charge in [-0.15, -0.1) is 0 Å². The van der Waals surface area contributed by atoms with E-state index in [1.165, 1.54) is 101 Å². The standard InChI is InChI=1S/C28H25NO4S2.C26H20FNO4S2.C26H21NO4S2.C23H17Cl2NO4S/c1-17-4-3-5-20(12-17)24-10-8-21(26-15-29-34-18(26)2)13-23(24)16-35(32,33)27-14-22(28(30)31)9-11-25(27)19-6-7-19;27-21-3-1-2-17(13-21)22-8-6-18(24-10-11-28-33-24)12-20(22)15-34(31,32)25-14-19(26(29)30)7-9-23(25)16-4-5-16;28-26(29)20-9-11-23(18-6-7-18)25(15-20)33(30,31)16-21-14-19(24-12-13-27-32-24)8-10-22(21)17-4-2-1-3-5-17;24-18-5-3-14(8-18)20-10-21(25)16(11-26)7-17(20)12-31(29,30)22-9-15(23(27)28)4-6-19(22)13-1-2-13/h3-5,8-15,19H,6-7,16H2,1-2H3,(H,30,31);1-3,6-14,16H,4-5,15H2,(H,29,30);1-5,8-15,18H,6-7,16H2,(H,28,29);3-7,9-10,13H,1-2,8,12H2,(H,27,28). The van der Waals surface area contributed by atoms with E-state index in [1.807, 2.05) is 135 Å². The molecule has 0 unspecified atom stereocenters. The first-order valence-corrected chi connectivity index (χ1v) is 52.0. The molecule has 20 nitrogen and oxygen atoms in total. The highest BCUT2D eigenvalue weighted by atomic mass is 35.5. The topological polar surface area (TPSA) is 348 Å². The average molecular weight is 1950 g/mol. The Balaban J connectivity index is 0.000000129. The second-order valence-electron chi connectivity index (χ2n) is 33.4. The molecule has 4 saturated carbocycles. The molecule has 0 aliphatic heterocycles. The van der Waals surface area contributed by atoms with Gasteiger partial charge in [0.15, 0.2) is 39.3 Å². The lowest BCUT2D eigenvalue weighted by Gasteiger charge is -2.16. The molecule has 11 aromatic carbocycles. The van der Waals surface area contributed by atoms with Gasteiger partial charge in [0.25, 0.3) is 0 Å². The predicted octanol–water partition coefficient (Wildman–Crippen LogP) is 24.5. The minimum Gasteiger partial charge on any atom is -0.478 e. The highest BCUT2D eigenvalue weighted by Crippen LogP contribution is 2.50. The summed E-state index contributed by atoms with van der Waals surface area (Å²) in [5, 5.41) is 48.0. The molecular formula is C103H83Cl2FN4O16S7. The summed E-state index contributed by atoms with van der Waals surface area (Å²) in [5.74, 6) is -5.61. The van der Waals surface area contributed by atoms with Gasteiger partial charge in [0.1, 0.15) is 11.9 Å². The third kappa shape index (κ3) is 22.0. The number of rotatable bonds is 27. The predicted molar refractivity (Wildman–Crippen MR) is 516 cm³/mol.